The third kappa shape index (κ3) is 2.14. The topological polar surface area (TPSA) is 70.5 Å². The van der Waals surface area contributed by atoms with Gasteiger partial charge in [-0.15, -0.1) is 0 Å². The van der Waals surface area contributed by atoms with E-state index in [4.69, 9.17) is 0 Å². The third-order valence-electron chi connectivity index (χ3n) is 4.05. The molecular formula is C16H16N2O3. The molecule has 0 saturated carbocycles. The number of hydrogen-bond donors (Lipinski definition) is 1. The minimum absolute atomic E-state index is 0.0719. The van der Waals surface area contributed by atoms with Crippen molar-refractivity contribution in [3.05, 3.63) is 36.0 Å². The van der Waals surface area contributed by atoms with E-state index in [9.17, 15) is 14.7 Å². The standard InChI is InChI=1S/C16H16N2O3/c1-16(2)6-8-18(15(16)21)10-3-4-13-12(9-10)11(14(19)20)5-7-17-13/h3-5,7,9H,6,8H2,1-2H3,(H,19,20). The summed E-state index contributed by atoms with van der Waals surface area (Å²) in [6.45, 7) is 4.52. The first-order valence-corrected chi connectivity index (χ1v) is 6.84. The van der Waals surface area contributed by atoms with Crippen molar-refractivity contribution in [3.8, 4) is 0 Å². The monoisotopic (exact) mass is 284 g/mol. The summed E-state index contributed by atoms with van der Waals surface area (Å²) in [5, 5.41) is 9.82. The highest BCUT2D eigenvalue weighted by Gasteiger charge is 2.39. The van der Waals surface area contributed by atoms with Crippen molar-refractivity contribution in [1.82, 2.24) is 4.98 Å². The Morgan fingerprint density at radius 3 is 2.71 bits per heavy atom. The van der Waals surface area contributed by atoms with E-state index >= 15 is 0 Å². The molecule has 0 spiro atoms. The normalized spacial score (nSPS) is 17.4. The number of pyridine rings is 1. The Labute approximate surface area is 122 Å². The van der Waals surface area contributed by atoms with E-state index in [1.807, 2.05) is 19.9 Å². The van der Waals surface area contributed by atoms with Gasteiger partial charge < -0.3 is 10.0 Å². The van der Waals surface area contributed by atoms with Gasteiger partial charge in [0.05, 0.1) is 11.1 Å². The maximum atomic E-state index is 12.4. The Balaban J connectivity index is 2.12. The number of carboxylic acids is 1. The summed E-state index contributed by atoms with van der Waals surface area (Å²) >= 11 is 0. The Morgan fingerprint density at radius 1 is 1.33 bits per heavy atom. The third-order valence-corrected chi connectivity index (χ3v) is 4.05. The molecule has 1 aromatic heterocycles. The molecule has 0 radical (unpaired) electrons. The molecule has 0 bridgehead atoms. The van der Waals surface area contributed by atoms with Crippen LogP contribution in [-0.4, -0.2) is 28.5 Å². The Bertz CT molecular complexity index is 752. The van der Waals surface area contributed by atoms with Crippen molar-refractivity contribution >= 4 is 28.5 Å². The number of nitrogens with zero attached hydrogens (tertiary/aromatic N) is 2. The molecule has 2 heterocycles. The maximum absolute atomic E-state index is 12.4. The van der Waals surface area contributed by atoms with Crippen LogP contribution in [0.2, 0.25) is 0 Å². The van der Waals surface area contributed by atoms with Gasteiger partial charge in [-0.05, 0) is 30.7 Å². The van der Waals surface area contributed by atoms with Gasteiger partial charge in [-0.3, -0.25) is 9.78 Å². The van der Waals surface area contributed by atoms with Gasteiger partial charge in [-0.25, -0.2) is 4.79 Å². The number of carbonyl (C=O) groups excluding carboxylic acids is 1. The number of amides is 1. The number of carbonyl (C=O) groups is 2. The second kappa shape index (κ2) is 4.55. The van der Waals surface area contributed by atoms with E-state index in [1.54, 1.807) is 17.0 Å². The van der Waals surface area contributed by atoms with Gasteiger partial charge in [-0.1, -0.05) is 13.8 Å². The number of aromatic nitrogens is 1. The Hall–Kier alpha value is -2.43. The lowest BCUT2D eigenvalue weighted by Gasteiger charge is -2.20. The minimum atomic E-state index is -0.993. The number of anilines is 1. The zero-order valence-electron chi connectivity index (χ0n) is 12.0. The Kier molecular flexibility index (Phi) is 2.93. The predicted octanol–water partition coefficient (Wildman–Crippen LogP) is 2.70. The summed E-state index contributed by atoms with van der Waals surface area (Å²) in [5.41, 5.74) is 1.19. The number of benzene rings is 1. The summed E-state index contributed by atoms with van der Waals surface area (Å²) in [4.78, 5) is 29.6. The van der Waals surface area contributed by atoms with E-state index < -0.39 is 5.97 Å². The van der Waals surface area contributed by atoms with Crippen LogP contribution in [0.5, 0.6) is 0 Å². The molecule has 0 atom stereocenters. The average Bonchev–Trinajstić information content (AvgIpc) is 2.72. The number of carboxylic acid groups (broad SMARTS) is 1. The van der Waals surface area contributed by atoms with E-state index in [2.05, 4.69) is 4.98 Å². The van der Waals surface area contributed by atoms with Crippen LogP contribution < -0.4 is 4.90 Å². The zero-order valence-corrected chi connectivity index (χ0v) is 12.0. The van der Waals surface area contributed by atoms with E-state index in [0.29, 0.717) is 17.4 Å². The summed E-state index contributed by atoms with van der Waals surface area (Å²) in [6.07, 6.45) is 2.28. The van der Waals surface area contributed by atoms with Crippen LogP contribution >= 0.6 is 0 Å². The van der Waals surface area contributed by atoms with Crippen LogP contribution in [0.25, 0.3) is 10.9 Å². The molecule has 1 aliphatic heterocycles. The predicted molar refractivity (Wildman–Crippen MR) is 79.5 cm³/mol. The SMILES string of the molecule is CC1(C)CCN(c2ccc3nccc(C(=O)O)c3c2)C1=O. The molecule has 1 fully saturated rings. The first kappa shape index (κ1) is 13.5. The van der Waals surface area contributed by atoms with Gasteiger partial charge in [-0.2, -0.15) is 0 Å². The molecule has 1 aromatic carbocycles. The molecule has 108 valence electrons. The van der Waals surface area contributed by atoms with E-state index in [1.165, 1.54) is 12.3 Å². The molecular weight excluding hydrogens is 268 g/mol. The largest absolute Gasteiger partial charge is 0.478 e. The smallest absolute Gasteiger partial charge is 0.336 e. The van der Waals surface area contributed by atoms with Crippen LogP contribution in [0.1, 0.15) is 30.6 Å². The molecule has 1 saturated heterocycles. The van der Waals surface area contributed by atoms with E-state index in [-0.39, 0.29) is 16.9 Å². The first-order valence-electron chi connectivity index (χ1n) is 6.84. The fraction of sp³-hybridized carbons (Fsp3) is 0.312. The highest BCUT2D eigenvalue weighted by Crippen LogP contribution is 2.35. The molecule has 5 nitrogen and oxygen atoms in total. The van der Waals surface area contributed by atoms with Gasteiger partial charge >= 0.3 is 5.97 Å². The molecule has 21 heavy (non-hydrogen) atoms. The van der Waals surface area contributed by atoms with Crippen molar-refractivity contribution in [2.24, 2.45) is 5.41 Å². The molecule has 1 N–H and O–H groups in total. The summed E-state index contributed by atoms with van der Waals surface area (Å²) in [5.74, 6) is -0.921. The molecule has 3 rings (SSSR count). The molecule has 5 heteroatoms. The molecule has 2 aromatic rings. The lowest BCUT2D eigenvalue weighted by Crippen LogP contribution is -2.30. The highest BCUT2D eigenvalue weighted by atomic mass is 16.4. The molecule has 0 aliphatic carbocycles. The second-order valence-corrected chi connectivity index (χ2v) is 5.96. The van der Waals surface area contributed by atoms with Gasteiger partial charge in [0.2, 0.25) is 5.91 Å². The number of rotatable bonds is 2. The van der Waals surface area contributed by atoms with Crippen molar-refractivity contribution in [3.63, 3.8) is 0 Å². The van der Waals surface area contributed by atoms with Gasteiger partial charge in [0.1, 0.15) is 0 Å². The van der Waals surface area contributed by atoms with Crippen LogP contribution in [0.4, 0.5) is 5.69 Å². The lowest BCUT2D eigenvalue weighted by molar-refractivity contribution is -0.123. The minimum Gasteiger partial charge on any atom is -0.478 e. The van der Waals surface area contributed by atoms with Gasteiger partial charge in [0.25, 0.3) is 0 Å². The summed E-state index contributed by atoms with van der Waals surface area (Å²) in [6, 6.07) is 6.80. The highest BCUT2D eigenvalue weighted by molar-refractivity contribution is 6.05. The molecule has 0 unspecified atom stereocenters. The molecule has 1 aliphatic rings. The van der Waals surface area contributed by atoms with Crippen LogP contribution in [0, 0.1) is 5.41 Å². The summed E-state index contributed by atoms with van der Waals surface area (Å²) < 4.78 is 0. The van der Waals surface area contributed by atoms with E-state index in [0.717, 1.165) is 12.1 Å². The van der Waals surface area contributed by atoms with Gasteiger partial charge in [0, 0.05) is 29.2 Å². The second-order valence-electron chi connectivity index (χ2n) is 5.96. The fourth-order valence-electron chi connectivity index (χ4n) is 2.70. The lowest BCUT2D eigenvalue weighted by atomic mass is 9.92. The van der Waals surface area contributed by atoms with Crippen LogP contribution in [0.3, 0.4) is 0 Å². The van der Waals surface area contributed by atoms with Crippen molar-refractivity contribution in [2.45, 2.75) is 20.3 Å². The number of aromatic carboxylic acids is 1. The van der Waals surface area contributed by atoms with Crippen LogP contribution in [-0.2, 0) is 4.79 Å². The van der Waals surface area contributed by atoms with Crippen molar-refractivity contribution in [1.29, 1.82) is 0 Å². The number of fused-ring (bicyclic) bond motifs is 1. The van der Waals surface area contributed by atoms with Crippen molar-refractivity contribution in [2.75, 3.05) is 11.4 Å². The summed E-state index contributed by atoms with van der Waals surface area (Å²) in [7, 11) is 0. The molecule has 1 amide bonds. The van der Waals surface area contributed by atoms with Gasteiger partial charge in [0.15, 0.2) is 0 Å². The average molecular weight is 284 g/mol. The maximum Gasteiger partial charge on any atom is 0.336 e. The quantitative estimate of drug-likeness (QED) is 0.920. The number of hydrogen-bond acceptors (Lipinski definition) is 3. The Morgan fingerprint density at radius 2 is 2.10 bits per heavy atom. The fourth-order valence-corrected chi connectivity index (χ4v) is 2.70. The first-order chi connectivity index (χ1) is 9.90. The zero-order chi connectivity index (χ0) is 15.2. The van der Waals surface area contributed by atoms with Crippen molar-refractivity contribution < 1.29 is 14.7 Å². The van der Waals surface area contributed by atoms with Crippen LogP contribution in [0.15, 0.2) is 30.5 Å².